The summed E-state index contributed by atoms with van der Waals surface area (Å²) >= 11 is 3.43. The predicted octanol–water partition coefficient (Wildman–Crippen LogP) is 4.00. The summed E-state index contributed by atoms with van der Waals surface area (Å²) in [4.78, 5) is 12.3. The van der Waals surface area contributed by atoms with Gasteiger partial charge in [0.2, 0.25) is 0 Å². The molecule has 102 valence electrons. The Morgan fingerprint density at radius 3 is 2.50 bits per heavy atom. The summed E-state index contributed by atoms with van der Waals surface area (Å²) in [5, 5.41) is 3.07. The summed E-state index contributed by atoms with van der Waals surface area (Å²) in [6.07, 6.45) is 3.02. The van der Waals surface area contributed by atoms with E-state index in [1.807, 2.05) is 16.8 Å². The van der Waals surface area contributed by atoms with Crippen LogP contribution in [-0.2, 0) is 0 Å². The molecule has 0 saturated heterocycles. The first-order valence-corrected chi connectivity index (χ1v) is 7.34. The van der Waals surface area contributed by atoms with Crippen molar-refractivity contribution in [2.45, 2.75) is 53.1 Å². The van der Waals surface area contributed by atoms with Crippen molar-refractivity contribution in [2.24, 2.45) is 5.92 Å². The number of carbonyl (C=O) groups excluding carboxylic acids is 1. The molecule has 3 nitrogen and oxygen atoms in total. The fourth-order valence-corrected chi connectivity index (χ4v) is 2.27. The van der Waals surface area contributed by atoms with Gasteiger partial charge in [-0.2, -0.15) is 0 Å². The second kappa shape index (κ2) is 6.41. The summed E-state index contributed by atoms with van der Waals surface area (Å²) in [5.74, 6) is 0.488. The van der Waals surface area contributed by atoms with E-state index in [-0.39, 0.29) is 18.0 Å². The Kier molecular flexibility index (Phi) is 5.45. The standard InChI is InChI=1S/C14H23BrN2O/c1-6-10(4)11(5)16-14(18)13-7-12(15)8-17(13)9(2)3/h7-11H,6H2,1-5H3,(H,16,18). The van der Waals surface area contributed by atoms with Gasteiger partial charge in [0.15, 0.2) is 0 Å². The lowest BCUT2D eigenvalue weighted by Gasteiger charge is -2.21. The molecule has 4 heteroatoms. The Bertz CT molecular complexity index is 412. The van der Waals surface area contributed by atoms with Crippen molar-refractivity contribution in [1.29, 1.82) is 0 Å². The lowest BCUT2D eigenvalue weighted by molar-refractivity contribution is 0.0917. The first-order valence-electron chi connectivity index (χ1n) is 6.55. The fraction of sp³-hybridized carbons (Fsp3) is 0.643. The normalized spacial score (nSPS) is 14.6. The number of carbonyl (C=O) groups is 1. The average molecular weight is 315 g/mol. The zero-order chi connectivity index (χ0) is 13.9. The summed E-state index contributed by atoms with van der Waals surface area (Å²) in [6.45, 7) is 10.5. The van der Waals surface area contributed by atoms with E-state index in [1.165, 1.54) is 0 Å². The molecule has 0 aliphatic carbocycles. The minimum Gasteiger partial charge on any atom is -0.348 e. The van der Waals surface area contributed by atoms with Gasteiger partial charge in [0.05, 0.1) is 0 Å². The van der Waals surface area contributed by atoms with Crippen LogP contribution in [0.1, 0.15) is 57.6 Å². The van der Waals surface area contributed by atoms with Gasteiger partial charge in [-0.25, -0.2) is 0 Å². The Morgan fingerprint density at radius 2 is 2.00 bits per heavy atom. The highest BCUT2D eigenvalue weighted by Gasteiger charge is 2.18. The van der Waals surface area contributed by atoms with Crippen molar-refractivity contribution >= 4 is 21.8 Å². The molecule has 1 heterocycles. The molecule has 0 saturated carbocycles. The van der Waals surface area contributed by atoms with E-state index in [2.05, 4.69) is 55.9 Å². The summed E-state index contributed by atoms with van der Waals surface area (Å²) in [5.41, 5.74) is 0.715. The van der Waals surface area contributed by atoms with Crippen molar-refractivity contribution < 1.29 is 4.79 Å². The molecular weight excluding hydrogens is 292 g/mol. The molecule has 0 aliphatic rings. The minimum absolute atomic E-state index is 0.00204. The van der Waals surface area contributed by atoms with Gasteiger partial charge in [-0.05, 0) is 48.7 Å². The molecule has 0 aliphatic heterocycles. The van der Waals surface area contributed by atoms with Crippen LogP contribution in [0.15, 0.2) is 16.7 Å². The number of hydrogen-bond donors (Lipinski definition) is 1. The van der Waals surface area contributed by atoms with Crippen LogP contribution in [0.3, 0.4) is 0 Å². The monoisotopic (exact) mass is 314 g/mol. The van der Waals surface area contributed by atoms with Crippen LogP contribution in [0.4, 0.5) is 0 Å². The van der Waals surface area contributed by atoms with Crippen LogP contribution in [0.25, 0.3) is 0 Å². The second-order valence-electron chi connectivity index (χ2n) is 5.19. The zero-order valence-corrected chi connectivity index (χ0v) is 13.4. The van der Waals surface area contributed by atoms with E-state index in [0.717, 1.165) is 10.9 Å². The number of rotatable bonds is 5. The van der Waals surface area contributed by atoms with Crippen molar-refractivity contribution in [1.82, 2.24) is 9.88 Å². The van der Waals surface area contributed by atoms with Crippen molar-refractivity contribution in [3.8, 4) is 0 Å². The highest BCUT2D eigenvalue weighted by atomic mass is 79.9. The van der Waals surface area contributed by atoms with E-state index < -0.39 is 0 Å². The second-order valence-corrected chi connectivity index (χ2v) is 6.11. The molecule has 1 rings (SSSR count). The molecule has 1 aromatic heterocycles. The molecule has 0 aromatic carbocycles. The van der Waals surface area contributed by atoms with Crippen molar-refractivity contribution in [3.63, 3.8) is 0 Å². The van der Waals surface area contributed by atoms with E-state index in [9.17, 15) is 4.79 Å². The van der Waals surface area contributed by atoms with Crippen LogP contribution < -0.4 is 5.32 Å². The number of nitrogens with one attached hydrogen (secondary N) is 1. The maximum Gasteiger partial charge on any atom is 0.268 e. The van der Waals surface area contributed by atoms with Gasteiger partial charge in [0.1, 0.15) is 5.69 Å². The molecule has 0 spiro atoms. The first kappa shape index (κ1) is 15.3. The van der Waals surface area contributed by atoms with Crippen LogP contribution in [0.2, 0.25) is 0 Å². The Hall–Kier alpha value is -0.770. The van der Waals surface area contributed by atoms with E-state index in [4.69, 9.17) is 0 Å². The van der Waals surface area contributed by atoms with Gasteiger partial charge in [-0.1, -0.05) is 20.3 Å². The number of halogens is 1. The van der Waals surface area contributed by atoms with Crippen LogP contribution in [-0.4, -0.2) is 16.5 Å². The van der Waals surface area contributed by atoms with Crippen molar-refractivity contribution in [3.05, 3.63) is 22.4 Å². The van der Waals surface area contributed by atoms with Gasteiger partial charge < -0.3 is 9.88 Å². The van der Waals surface area contributed by atoms with Crippen LogP contribution in [0, 0.1) is 5.92 Å². The SMILES string of the molecule is CCC(C)C(C)NC(=O)c1cc(Br)cn1C(C)C. The van der Waals surface area contributed by atoms with Gasteiger partial charge in [-0.15, -0.1) is 0 Å². The van der Waals surface area contributed by atoms with E-state index >= 15 is 0 Å². The molecule has 0 bridgehead atoms. The van der Waals surface area contributed by atoms with Gasteiger partial charge in [-0.3, -0.25) is 4.79 Å². The quantitative estimate of drug-likeness (QED) is 0.875. The lowest BCUT2D eigenvalue weighted by atomic mass is 10.0. The molecule has 2 atom stereocenters. The Morgan fingerprint density at radius 1 is 1.39 bits per heavy atom. The lowest BCUT2D eigenvalue weighted by Crippen LogP contribution is -2.37. The van der Waals surface area contributed by atoms with Crippen LogP contribution >= 0.6 is 15.9 Å². The van der Waals surface area contributed by atoms with Gasteiger partial charge in [0.25, 0.3) is 5.91 Å². The average Bonchev–Trinajstić information content (AvgIpc) is 2.70. The molecular formula is C14H23BrN2O. The van der Waals surface area contributed by atoms with Crippen LogP contribution in [0.5, 0.6) is 0 Å². The third-order valence-electron chi connectivity index (χ3n) is 3.46. The molecule has 0 radical (unpaired) electrons. The smallest absolute Gasteiger partial charge is 0.268 e. The molecule has 1 N–H and O–H groups in total. The summed E-state index contributed by atoms with van der Waals surface area (Å²) < 4.78 is 2.93. The molecule has 1 aromatic rings. The first-order chi connectivity index (χ1) is 8.36. The maximum absolute atomic E-state index is 12.3. The fourth-order valence-electron chi connectivity index (χ4n) is 1.83. The molecule has 2 unspecified atom stereocenters. The number of amides is 1. The predicted molar refractivity (Wildman–Crippen MR) is 78.9 cm³/mol. The maximum atomic E-state index is 12.3. The molecule has 0 fully saturated rings. The minimum atomic E-state index is 0.00204. The Labute approximate surface area is 118 Å². The number of aromatic nitrogens is 1. The third-order valence-corrected chi connectivity index (χ3v) is 3.89. The molecule has 18 heavy (non-hydrogen) atoms. The third kappa shape index (κ3) is 3.61. The van der Waals surface area contributed by atoms with Gasteiger partial charge in [0, 0.05) is 22.8 Å². The largest absolute Gasteiger partial charge is 0.348 e. The summed E-state index contributed by atoms with van der Waals surface area (Å²) in [6, 6.07) is 2.34. The van der Waals surface area contributed by atoms with Crippen molar-refractivity contribution in [2.75, 3.05) is 0 Å². The Balaban J connectivity index is 2.84. The topological polar surface area (TPSA) is 34.0 Å². The van der Waals surface area contributed by atoms with E-state index in [0.29, 0.717) is 11.6 Å². The van der Waals surface area contributed by atoms with E-state index in [1.54, 1.807) is 0 Å². The molecule has 1 amide bonds. The summed E-state index contributed by atoms with van der Waals surface area (Å²) in [7, 11) is 0. The number of hydrogen-bond acceptors (Lipinski definition) is 1. The number of nitrogens with zero attached hydrogens (tertiary/aromatic N) is 1. The highest BCUT2D eigenvalue weighted by Crippen LogP contribution is 2.19. The van der Waals surface area contributed by atoms with Gasteiger partial charge >= 0.3 is 0 Å². The zero-order valence-electron chi connectivity index (χ0n) is 11.8. The highest BCUT2D eigenvalue weighted by molar-refractivity contribution is 9.10.